The normalized spacial score (nSPS) is 12.8. The van der Waals surface area contributed by atoms with E-state index in [0.717, 1.165) is 32.3 Å². The molecule has 1 atom stereocenters. The van der Waals surface area contributed by atoms with Crippen molar-refractivity contribution in [1.29, 1.82) is 0 Å². The quantitative estimate of drug-likeness (QED) is 0.686. The fourth-order valence-corrected chi connectivity index (χ4v) is 4.48. The Morgan fingerprint density at radius 3 is 2.20 bits per heavy atom. The molecular weight excluding hydrogens is 400 g/mol. The highest BCUT2D eigenvalue weighted by Crippen LogP contribution is 2.32. The number of ether oxygens (including phenoxy) is 1. The number of likely N-dealkylation sites (N-methyl/N-ethyl adjacent to an activating group) is 1. The molecule has 0 radical (unpaired) electrons. The number of rotatable bonds is 8. The lowest BCUT2D eigenvalue weighted by atomic mass is 9.93. The number of hydrogen-bond acceptors (Lipinski definition) is 4. The molecule has 0 fully saturated rings. The van der Waals surface area contributed by atoms with Crippen LogP contribution in [-0.4, -0.2) is 39.3 Å². The van der Waals surface area contributed by atoms with Crippen molar-refractivity contribution in [3.05, 3.63) is 58.7 Å². The summed E-state index contributed by atoms with van der Waals surface area (Å²) in [4.78, 5) is 12.8. The standard InChI is InChI=1S/C23H32N2O4S/c1-15(2)20-13-21(17(4)12-22(20)29-7)18(5)24-23(26)14-25(6)30(27,28)19-10-8-16(3)9-11-19/h8-13,15,18H,14H2,1-7H3,(H,24,26)/t18-/m1/s1. The maximum absolute atomic E-state index is 12.7. The van der Waals surface area contributed by atoms with Gasteiger partial charge in [-0.1, -0.05) is 31.5 Å². The van der Waals surface area contributed by atoms with E-state index < -0.39 is 10.0 Å². The fourth-order valence-electron chi connectivity index (χ4n) is 3.35. The van der Waals surface area contributed by atoms with Crippen LogP contribution in [0.3, 0.4) is 0 Å². The van der Waals surface area contributed by atoms with Crippen molar-refractivity contribution in [2.45, 2.75) is 51.5 Å². The lowest BCUT2D eigenvalue weighted by Gasteiger charge is -2.22. The highest BCUT2D eigenvalue weighted by Gasteiger charge is 2.24. The predicted molar refractivity (Wildman–Crippen MR) is 119 cm³/mol. The first-order valence-corrected chi connectivity index (χ1v) is 11.4. The predicted octanol–water partition coefficient (Wildman–Crippen LogP) is 3.93. The van der Waals surface area contributed by atoms with E-state index in [4.69, 9.17) is 4.74 Å². The van der Waals surface area contributed by atoms with Gasteiger partial charge in [0.15, 0.2) is 0 Å². The Morgan fingerprint density at radius 1 is 1.07 bits per heavy atom. The van der Waals surface area contributed by atoms with E-state index in [2.05, 4.69) is 25.2 Å². The second-order valence-electron chi connectivity index (χ2n) is 7.97. The van der Waals surface area contributed by atoms with Crippen LogP contribution < -0.4 is 10.1 Å². The van der Waals surface area contributed by atoms with Gasteiger partial charge in [0, 0.05) is 7.05 Å². The Labute approximate surface area is 180 Å². The molecule has 0 spiro atoms. The minimum atomic E-state index is -3.73. The zero-order chi connectivity index (χ0) is 22.6. The van der Waals surface area contributed by atoms with E-state index in [0.29, 0.717) is 0 Å². The lowest BCUT2D eigenvalue weighted by Crippen LogP contribution is -2.39. The van der Waals surface area contributed by atoms with Gasteiger partial charge < -0.3 is 10.1 Å². The zero-order valence-electron chi connectivity index (χ0n) is 18.8. The van der Waals surface area contributed by atoms with Crippen molar-refractivity contribution in [3.8, 4) is 5.75 Å². The lowest BCUT2D eigenvalue weighted by molar-refractivity contribution is -0.121. The number of aryl methyl sites for hydroxylation is 2. The summed E-state index contributed by atoms with van der Waals surface area (Å²) in [6.07, 6.45) is 0. The summed E-state index contributed by atoms with van der Waals surface area (Å²) in [5.74, 6) is 0.740. The molecule has 0 saturated heterocycles. The molecule has 0 heterocycles. The summed E-state index contributed by atoms with van der Waals surface area (Å²) in [7, 11) is -0.670. The van der Waals surface area contributed by atoms with Gasteiger partial charge in [0.2, 0.25) is 15.9 Å². The number of nitrogens with zero attached hydrogens (tertiary/aromatic N) is 1. The van der Waals surface area contributed by atoms with E-state index in [9.17, 15) is 13.2 Å². The van der Waals surface area contributed by atoms with Gasteiger partial charge >= 0.3 is 0 Å². The average molecular weight is 433 g/mol. The SMILES string of the molecule is COc1cc(C)c([C@@H](C)NC(=O)CN(C)S(=O)(=O)c2ccc(C)cc2)cc1C(C)C. The molecule has 1 N–H and O–H groups in total. The van der Waals surface area contributed by atoms with Crippen LogP contribution in [0.4, 0.5) is 0 Å². The number of amides is 1. The van der Waals surface area contributed by atoms with Crippen LogP contribution in [0.2, 0.25) is 0 Å². The summed E-state index contributed by atoms with van der Waals surface area (Å²) >= 11 is 0. The van der Waals surface area contributed by atoms with E-state index >= 15 is 0 Å². The topological polar surface area (TPSA) is 75.7 Å². The first kappa shape index (κ1) is 23.9. The second kappa shape index (κ2) is 9.62. The summed E-state index contributed by atoms with van der Waals surface area (Å²) in [5.41, 5.74) is 4.03. The van der Waals surface area contributed by atoms with Crippen molar-refractivity contribution >= 4 is 15.9 Å². The summed E-state index contributed by atoms with van der Waals surface area (Å²) in [6, 6.07) is 10.3. The van der Waals surface area contributed by atoms with Crippen molar-refractivity contribution in [3.63, 3.8) is 0 Å². The van der Waals surface area contributed by atoms with Crippen LogP contribution >= 0.6 is 0 Å². The molecule has 0 aromatic heterocycles. The third-order valence-electron chi connectivity index (χ3n) is 5.18. The van der Waals surface area contributed by atoms with Crippen LogP contribution in [0.15, 0.2) is 41.3 Å². The third-order valence-corrected chi connectivity index (χ3v) is 7.00. The van der Waals surface area contributed by atoms with Gasteiger partial charge in [0.25, 0.3) is 0 Å². The molecular formula is C23H32N2O4S. The molecule has 0 saturated carbocycles. The molecule has 2 rings (SSSR count). The number of carbonyl (C=O) groups excluding carboxylic acids is 1. The van der Waals surface area contributed by atoms with Crippen LogP contribution in [-0.2, 0) is 14.8 Å². The van der Waals surface area contributed by atoms with Crippen LogP contribution in [0, 0.1) is 13.8 Å². The van der Waals surface area contributed by atoms with Gasteiger partial charge in [0.05, 0.1) is 24.6 Å². The van der Waals surface area contributed by atoms with Gasteiger partial charge in [-0.3, -0.25) is 4.79 Å². The van der Waals surface area contributed by atoms with Gasteiger partial charge in [-0.15, -0.1) is 0 Å². The Balaban J connectivity index is 2.14. The minimum Gasteiger partial charge on any atom is -0.496 e. The Morgan fingerprint density at radius 2 is 1.67 bits per heavy atom. The number of carbonyl (C=O) groups is 1. The number of nitrogens with one attached hydrogen (secondary N) is 1. The molecule has 0 aliphatic heterocycles. The molecule has 0 bridgehead atoms. The molecule has 2 aromatic rings. The van der Waals surface area contributed by atoms with Gasteiger partial charge in [-0.05, 0) is 67.6 Å². The van der Waals surface area contributed by atoms with Crippen LogP contribution in [0.5, 0.6) is 5.75 Å². The van der Waals surface area contributed by atoms with E-state index in [1.807, 2.05) is 26.8 Å². The van der Waals surface area contributed by atoms with E-state index in [1.165, 1.54) is 7.05 Å². The number of benzene rings is 2. The van der Waals surface area contributed by atoms with Crippen molar-refractivity contribution in [1.82, 2.24) is 9.62 Å². The Bertz CT molecular complexity index is 999. The molecule has 30 heavy (non-hydrogen) atoms. The average Bonchev–Trinajstić information content (AvgIpc) is 2.67. The van der Waals surface area contributed by atoms with Gasteiger partial charge in [0.1, 0.15) is 5.75 Å². The monoisotopic (exact) mass is 432 g/mol. The van der Waals surface area contributed by atoms with Crippen molar-refractivity contribution in [2.75, 3.05) is 20.7 Å². The van der Waals surface area contributed by atoms with Crippen LogP contribution in [0.25, 0.3) is 0 Å². The van der Waals surface area contributed by atoms with Crippen LogP contribution in [0.1, 0.15) is 55.0 Å². The summed E-state index contributed by atoms with van der Waals surface area (Å²) in [5, 5.41) is 2.92. The Hall–Kier alpha value is -2.38. The largest absolute Gasteiger partial charge is 0.496 e. The zero-order valence-corrected chi connectivity index (χ0v) is 19.6. The molecule has 2 aromatic carbocycles. The third kappa shape index (κ3) is 5.40. The number of sulfonamides is 1. The maximum atomic E-state index is 12.7. The molecule has 0 unspecified atom stereocenters. The van der Waals surface area contributed by atoms with Crippen molar-refractivity contribution in [2.24, 2.45) is 0 Å². The first-order chi connectivity index (χ1) is 14.0. The van der Waals surface area contributed by atoms with Gasteiger partial charge in [-0.2, -0.15) is 4.31 Å². The highest BCUT2D eigenvalue weighted by atomic mass is 32.2. The number of hydrogen-bond donors (Lipinski definition) is 1. The molecule has 0 aliphatic rings. The maximum Gasteiger partial charge on any atom is 0.243 e. The van der Waals surface area contributed by atoms with Crippen molar-refractivity contribution < 1.29 is 17.9 Å². The molecule has 164 valence electrons. The van der Waals surface area contributed by atoms with Gasteiger partial charge in [-0.25, -0.2) is 8.42 Å². The first-order valence-electron chi connectivity index (χ1n) is 9.98. The Kier molecular flexibility index (Phi) is 7.66. The van der Waals surface area contributed by atoms with E-state index in [1.54, 1.807) is 31.4 Å². The van der Waals surface area contributed by atoms with E-state index in [-0.39, 0.29) is 29.3 Å². The number of methoxy groups -OCH3 is 1. The smallest absolute Gasteiger partial charge is 0.243 e. The molecule has 6 nitrogen and oxygen atoms in total. The summed E-state index contributed by atoms with van der Waals surface area (Å²) < 4.78 is 32.0. The summed E-state index contributed by atoms with van der Waals surface area (Å²) in [6.45, 7) is 9.67. The molecule has 1 amide bonds. The molecule has 7 heteroatoms. The second-order valence-corrected chi connectivity index (χ2v) is 10.0. The minimum absolute atomic E-state index is 0.170. The fraction of sp³-hybridized carbons (Fsp3) is 0.435. The highest BCUT2D eigenvalue weighted by molar-refractivity contribution is 7.89. The molecule has 0 aliphatic carbocycles.